The highest BCUT2D eigenvalue weighted by molar-refractivity contribution is 5.42. The van der Waals surface area contributed by atoms with Crippen LogP contribution in [0.2, 0.25) is 0 Å². The Labute approximate surface area is 115 Å². The maximum absolute atomic E-state index is 9.76. The van der Waals surface area contributed by atoms with Gasteiger partial charge >= 0.3 is 0 Å². The van der Waals surface area contributed by atoms with E-state index < -0.39 is 0 Å². The molecule has 0 heterocycles. The van der Waals surface area contributed by atoms with Gasteiger partial charge in [0.1, 0.15) is 18.0 Å². The molecule has 1 N–H and O–H groups in total. The summed E-state index contributed by atoms with van der Waals surface area (Å²) in [4.78, 5) is 0. The van der Waals surface area contributed by atoms with Crippen LogP contribution in [-0.2, 0) is 4.74 Å². The van der Waals surface area contributed by atoms with Gasteiger partial charge in [0, 0.05) is 13.0 Å². The molecule has 1 fully saturated rings. The van der Waals surface area contributed by atoms with Gasteiger partial charge in [-0.05, 0) is 49.9 Å². The third-order valence-corrected chi connectivity index (χ3v) is 3.78. The molecule has 3 unspecified atom stereocenters. The molecule has 0 aromatic heterocycles. The Balaban J connectivity index is 2.05. The van der Waals surface area contributed by atoms with E-state index in [1.807, 2.05) is 0 Å². The number of hydrogen-bond acceptors (Lipinski definition) is 3. The molecule has 0 aliphatic heterocycles. The SMILES string of the molecule is CCCOC1C(O)CC1Oc1cc(C)cc(C)c1C. The van der Waals surface area contributed by atoms with Crippen molar-refractivity contribution in [3.8, 4) is 5.75 Å². The van der Waals surface area contributed by atoms with Crippen LogP contribution in [0.15, 0.2) is 12.1 Å². The van der Waals surface area contributed by atoms with Gasteiger partial charge in [0.2, 0.25) is 0 Å². The lowest BCUT2D eigenvalue weighted by Crippen LogP contribution is -2.55. The zero-order chi connectivity index (χ0) is 14.0. The molecule has 1 aromatic rings. The lowest BCUT2D eigenvalue weighted by Gasteiger charge is -2.41. The Hall–Kier alpha value is -1.06. The first kappa shape index (κ1) is 14.4. The van der Waals surface area contributed by atoms with Gasteiger partial charge in [0.15, 0.2) is 0 Å². The van der Waals surface area contributed by atoms with E-state index in [-0.39, 0.29) is 18.3 Å². The van der Waals surface area contributed by atoms with E-state index in [1.165, 1.54) is 16.7 Å². The Kier molecular flexibility index (Phi) is 4.48. The Morgan fingerprint density at radius 1 is 1.26 bits per heavy atom. The minimum Gasteiger partial charge on any atom is -0.487 e. The fraction of sp³-hybridized carbons (Fsp3) is 0.625. The zero-order valence-electron chi connectivity index (χ0n) is 12.3. The lowest BCUT2D eigenvalue weighted by atomic mass is 9.87. The average molecular weight is 264 g/mol. The van der Waals surface area contributed by atoms with Crippen LogP contribution in [0.1, 0.15) is 36.5 Å². The van der Waals surface area contributed by atoms with E-state index >= 15 is 0 Å². The van der Waals surface area contributed by atoms with Gasteiger partial charge in [-0.3, -0.25) is 0 Å². The van der Waals surface area contributed by atoms with Crippen LogP contribution in [0.25, 0.3) is 0 Å². The van der Waals surface area contributed by atoms with E-state index in [4.69, 9.17) is 9.47 Å². The first-order chi connectivity index (χ1) is 9.02. The standard InChI is InChI=1S/C16H24O3/c1-5-6-18-16-13(17)9-15(16)19-14-8-10(2)7-11(3)12(14)4/h7-8,13,15-17H,5-6,9H2,1-4H3. The van der Waals surface area contributed by atoms with Crippen molar-refractivity contribution in [3.63, 3.8) is 0 Å². The fourth-order valence-corrected chi connectivity index (χ4v) is 2.43. The van der Waals surface area contributed by atoms with Gasteiger partial charge in [-0.2, -0.15) is 0 Å². The fourth-order valence-electron chi connectivity index (χ4n) is 2.43. The normalized spacial score (nSPS) is 26.1. The van der Waals surface area contributed by atoms with Crippen molar-refractivity contribution < 1.29 is 14.6 Å². The van der Waals surface area contributed by atoms with Crippen molar-refractivity contribution in [2.75, 3.05) is 6.61 Å². The minimum atomic E-state index is -0.386. The summed E-state index contributed by atoms with van der Waals surface area (Å²) >= 11 is 0. The highest BCUT2D eigenvalue weighted by atomic mass is 16.6. The number of ether oxygens (including phenoxy) is 2. The molecule has 0 saturated heterocycles. The van der Waals surface area contributed by atoms with Gasteiger partial charge in [0.05, 0.1) is 6.10 Å². The predicted molar refractivity (Wildman–Crippen MR) is 75.7 cm³/mol. The molecular formula is C16H24O3. The molecule has 1 aromatic carbocycles. The molecule has 106 valence electrons. The maximum atomic E-state index is 9.76. The zero-order valence-corrected chi connectivity index (χ0v) is 12.3. The number of rotatable bonds is 5. The number of benzene rings is 1. The van der Waals surface area contributed by atoms with E-state index in [1.54, 1.807) is 0 Å². The third-order valence-electron chi connectivity index (χ3n) is 3.78. The van der Waals surface area contributed by atoms with Crippen molar-refractivity contribution in [1.82, 2.24) is 0 Å². The Morgan fingerprint density at radius 2 is 2.00 bits per heavy atom. The topological polar surface area (TPSA) is 38.7 Å². The van der Waals surface area contributed by atoms with E-state index in [2.05, 4.69) is 39.8 Å². The molecule has 1 aliphatic rings. The smallest absolute Gasteiger partial charge is 0.130 e. The molecular weight excluding hydrogens is 240 g/mol. The van der Waals surface area contributed by atoms with Gasteiger partial charge in [0.25, 0.3) is 0 Å². The van der Waals surface area contributed by atoms with Crippen LogP contribution >= 0.6 is 0 Å². The molecule has 0 spiro atoms. The predicted octanol–water partition coefficient (Wildman–Crippen LogP) is 2.92. The second kappa shape index (κ2) is 5.93. The summed E-state index contributed by atoms with van der Waals surface area (Å²) in [7, 11) is 0. The molecule has 0 bridgehead atoms. The monoisotopic (exact) mass is 264 g/mol. The second-order valence-electron chi connectivity index (χ2n) is 5.50. The second-order valence-corrected chi connectivity index (χ2v) is 5.50. The van der Waals surface area contributed by atoms with E-state index in [0.29, 0.717) is 13.0 Å². The van der Waals surface area contributed by atoms with E-state index in [0.717, 1.165) is 12.2 Å². The number of aryl methyl sites for hydroxylation is 2. The van der Waals surface area contributed by atoms with Gasteiger partial charge < -0.3 is 14.6 Å². The molecule has 1 aliphatic carbocycles. The summed E-state index contributed by atoms with van der Waals surface area (Å²) in [6.45, 7) is 8.97. The molecule has 3 atom stereocenters. The van der Waals surface area contributed by atoms with Crippen molar-refractivity contribution in [2.24, 2.45) is 0 Å². The number of aliphatic hydroxyl groups excluding tert-OH is 1. The lowest BCUT2D eigenvalue weighted by molar-refractivity contribution is -0.162. The third kappa shape index (κ3) is 3.10. The molecule has 2 rings (SSSR count). The molecule has 0 amide bonds. The van der Waals surface area contributed by atoms with Crippen molar-refractivity contribution >= 4 is 0 Å². The quantitative estimate of drug-likeness (QED) is 0.888. The first-order valence-electron chi connectivity index (χ1n) is 7.07. The van der Waals surface area contributed by atoms with Crippen LogP contribution in [-0.4, -0.2) is 30.0 Å². The Morgan fingerprint density at radius 3 is 2.63 bits per heavy atom. The molecule has 1 saturated carbocycles. The molecule has 3 heteroatoms. The first-order valence-corrected chi connectivity index (χ1v) is 7.07. The summed E-state index contributed by atoms with van der Waals surface area (Å²) in [5.74, 6) is 0.916. The average Bonchev–Trinajstić information content (AvgIpc) is 2.35. The molecule has 3 nitrogen and oxygen atoms in total. The molecule has 19 heavy (non-hydrogen) atoms. The highest BCUT2D eigenvalue weighted by Gasteiger charge is 2.43. The van der Waals surface area contributed by atoms with Crippen LogP contribution in [0.3, 0.4) is 0 Å². The summed E-state index contributed by atoms with van der Waals surface area (Å²) in [5.41, 5.74) is 3.60. The van der Waals surface area contributed by atoms with Crippen molar-refractivity contribution in [3.05, 3.63) is 28.8 Å². The molecule has 0 radical (unpaired) electrons. The summed E-state index contributed by atoms with van der Waals surface area (Å²) < 4.78 is 11.7. The largest absolute Gasteiger partial charge is 0.487 e. The summed E-state index contributed by atoms with van der Waals surface area (Å²) in [5, 5.41) is 9.76. The van der Waals surface area contributed by atoms with Gasteiger partial charge in [-0.15, -0.1) is 0 Å². The van der Waals surface area contributed by atoms with Crippen LogP contribution in [0.5, 0.6) is 5.75 Å². The van der Waals surface area contributed by atoms with Crippen LogP contribution < -0.4 is 4.74 Å². The van der Waals surface area contributed by atoms with Crippen molar-refractivity contribution in [1.29, 1.82) is 0 Å². The summed E-state index contributed by atoms with van der Waals surface area (Å²) in [6.07, 6.45) is 1.02. The van der Waals surface area contributed by atoms with Gasteiger partial charge in [-0.1, -0.05) is 13.0 Å². The number of hydrogen-bond donors (Lipinski definition) is 1. The van der Waals surface area contributed by atoms with E-state index in [9.17, 15) is 5.11 Å². The van der Waals surface area contributed by atoms with Crippen molar-refractivity contribution in [2.45, 2.75) is 58.8 Å². The minimum absolute atomic E-state index is 0.0264. The van der Waals surface area contributed by atoms with Crippen LogP contribution in [0, 0.1) is 20.8 Å². The van der Waals surface area contributed by atoms with Gasteiger partial charge in [-0.25, -0.2) is 0 Å². The summed E-state index contributed by atoms with van der Waals surface area (Å²) in [6, 6.07) is 4.22. The highest BCUT2D eigenvalue weighted by Crippen LogP contribution is 2.32. The Bertz CT molecular complexity index is 442. The maximum Gasteiger partial charge on any atom is 0.130 e. The van der Waals surface area contributed by atoms with Crippen LogP contribution in [0.4, 0.5) is 0 Å². The number of aliphatic hydroxyl groups is 1.